The van der Waals surface area contributed by atoms with Gasteiger partial charge in [-0.05, 0) is 55.0 Å². The van der Waals surface area contributed by atoms with Crippen molar-refractivity contribution in [3.05, 3.63) is 54.1 Å². The van der Waals surface area contributed by atoms with E-state index in [0.717, 1.165) is 29.9 Å². The Balaban J connectivity index is 1.60. The van der Waals surface area contributed by atoms with Gasteiger partial charge < -0.3 is 15.8 Å². The van der Waals surface area contributed by atoms with Gasteiger partial charge in [-0.3, -0.25) is 4.79 Å². The lowest BCUT2D eigenvalue weighted by Gasteiger charge is -2.07. The van der Waals surface area contributed by atoms with E-state index in [9.17, 15) is 9.59 Å². The van der Waals surface area contributed by atoms with E-state index < -0.39 is 0 Å². The van der Waals surface area contributed by atoms with Crippen molar-refractivity contribution < 1.29 is 14.3 Å². The highest BCUT2D eigenvalue weighted by atomic mass is 32.2. The molecule has 2 aromatic carbocycles. The first kappa shape index (κ1) is 19.8. The van der Waals surface area contributed by atoms with Gasteiger partial charge in [0.1, 0.15) is 0 Å². The molecule has 0 heterocycles. The summed E-state index contributed by atoms with van der Waals surface area (Å²) in [7, 11) is 1.38. The number of para-hydroxylation sites is 2. The normalized spacial score (nSPS) is 10.3. The van der Waals surface area contributed by atoms with Crippen molar-refractivity contribution in [3.63, 3.8) is 0 Å². The van der Waals surface area contributed by atoms with E-state index in [1.54, 1.807) is 36.0 Å². The second-order valence-electron chi connectivity index (χ2n) is 5.81. The summed E-state index contributed by atoms with van der Waals surface area (Å²) in [6.45, 7) is 0. The summed E-state index contributed by atoms with van der Waals surface area (Å²) in [6, 6.07) is 14.7. The zero-order valence-corrected chi connectivity index (χ0v) is 15.7. The van der Waals surface area contributed by atoms with Crippen LogP contribution in [0.15, 0.2) is 53.4 Å². The van der Waals surface area contributed by atoms with Crippen LogP contribution in [0.5, 0.6) is 0 Å². The first-order chi connectivity index (χ1) is 12.6. The molecule has 26 heavy (non-hydrogen) atoms. The summed E-state index contributed by atoms with van der Waals surface area (Å²) in [5.41, 5.74) is 7.62. The Morgan fingerprint density at radius 2 is 1.77 bits per heavy atom. The zero-order chi connectivity index (χ0) is 18.8. The molecule has 0 saturated carbocycles. The van der Waals surface area contributed by atoms with E-state index in [4.69, 9.17) is 5.73 Å². The number of unbranched alkanes of at least 4 members (excludes halogenated alkanes) is 2. The molecule has 3 N–H and O–H groups in total. The molecular formula is C20H24N2O3S. The fraction of sp³-hybridized carbons (Fsp3) is 0.300. The van der Waals surface area contributed by atoms with E-state index >= 15 is 0 Å². The highest BCUT2D eigenvalue weighted by Gasteiger charge is 2.06. The fourth-order valence-corrected chi connectivity index (χ4v) is 3.30. The predicted octanol–water partition coefficient (Wildman–Crippen LogP) is 4.35. The molecule has 0 fully saturated rings. The average molecular weight is 372 g/mol. The lowest BCUT2D eigenvalue weighted by atomic mass is 10.2. The van der Waals surface area contributed by atoms with E-state index in [2.05, 4.69) is 10.1 Å². The monoisotopic (exact) mass is 372 g/mol. The smallest absolute Gasteiger partial charge is 0.337 e. The van der Waals surface area contributed by atoms with Crippen LogP contribution in [0.25, 0.3) is 0 Å². The molecule has 0 aliphatic rings. The van der Waals surface area contributed by atoms with E-state index in [0.29, 0.717) is 23.4 Å². The van der Waals surface area contributed by atoms with Crippen LogP contribution >= 0.6 is 11.8 Å². The number of carbonyl (C=O) groups excluding carboxylic acids is 2. The lowest BCUT2D eigenvalue weighted by Crippen LogP contribution is -2.12. The summed E-state index contributed by atoms with van der Waals surface area (Å²) < 4.78 is 4.68. The second-order valence-corrected chi connectivity index (χ2v) is 6.98. The number of nitrogens with two attached hydrogens (primary N) is 1. The van der Waals surface area contributed by atoms with Crippen molar-refractivity contribution >= 4 is 35.0 Å². The number of amides is 1. The SMILES string of the molecule is COC(=O)c1ccc(SCCCCCC(=O)Nc2ccccc2N)cc1. The molecule has 1 amide bonds. The van der Waals surface area contributed by atoms with Crippen LogP contribution in [-0.4, -0.2) is 24.7 Å². The number of thioether (sulfide) groups is 1. The van der Waals surface area contributed by atoms with Gasteiger partial charge in [0.2, 0.25) is 5.91 Å². The summed E-state index contributed by atoms with van der Waals surface area (Å²) in [4.78, 5) is 24.4. The average Bonchev–Trinajstić information content (AvgIpc) is 2.66. The summed E-state index contributed by atoms with van der Waals surface area (Å²) in [6.07, 6.45) is 3.36. The minimum atomic E-state index is -0.322. The van der Waals surface area contributed by atoms with Crippen LogP contribution in [0.1, 0.15) is 36.0 Å². The quantitative estimate of drug-likeness (QED) is 0.296. The molecule has 5 nitrogen and oxygen atoms in total. The third-order valence-electron chi connectivity index (χ3n) is 3.83. The second kappa shape index (κ2) is 10.5. The number of ether oxygens (including phenoxy) is 1. The van der Waals surface area contributed by atoms with E-state index in [1.165, 1.54) is 7.11 Å². The Labute approximate surface area is 158 Å². The highest BCUT2D eigenvalue weighted by molar-refractivity contribution is 7.99. The number of anilines is 2. The molecule has 2 aromatic rings. The van der Waals surface area contributed by atoms with Gasteiger partial charge in [-0.2, -0.15) is 0 Å². The fourth-order valence-electron chi connectivity index (χ4n) is 2.38. The highest BCUT2D eigenvalue weighted by Crippen LogP contribution is 2.21. The molecule has 0 bridgehead atoms. The van der Waals surface area contributed by atoms with E-state index in [-0.39, 0.29) is 11.9 Å². The van der Waals surface area contributed by atoms with Gasteiger partial charge in [-0.1, -0.05) is 18.6 Å². The van der Waals surface area contributed by atoms with Gasteiger partial charge in [0, 0.05) is 11.3 Å². The van der Waals surface area contributed by atoms with Gasteiger partial charge in [-0.15, -0.1) is 11.8 Å². The molecule has 0 radical (unpaired) electrons. The van der Waals surface area contributed by atoms with E-state index in [1.807, 2.05) is 24.3 Å². The molecule has 0 atom stereocenters. The zero-order valence-electron chi connectivity index (χ0n) is 14.9. The third kappa shape index (κ3) is 6.44. The molecular weight excluding hydrogens is 348 g/mol. The Bertz CT molecular complexity index is 732. The number of hydrogen-bond acceptors (Lipinski definition) is 5. The minimum Gasteiger partial charge on any atom is -0.465 e. The van der Waals surface area contributed by atoms with Crippen LogP contribution in [0.4, 0.5) is 11.4 Å². The van der Waals surface area contributed by atoms with Gasteiger partial charge >= 0.3 is 5.97 Å². The standard InChI is InChI=1S/C20H24N2O3S/c1-25-20(24)15-10-12-16(13-11-15)26-14-6-2-3-9-19(23)22-18-8-5-4-7-17(18)21/h4-5,7-8,10-13H,2-3,6,9,14,21H2,1H3,(H,22,23). The summed E-state index contributed by atoms with van der Waals surface area (Å²) in [5, 5.41) is 2.84. The number of nitrogens with one attached hydrogen (secondary N) is 1. The molecule has 138 valence electrons. The largest absolute Gasteiger partial charge is 0.465 e. The topological polar surface area (TPSA) is 81.4 Å². The molecule has 0 aromatic heterocycles. The van der Waals surface area contributed by atoms with Gasteiger partial charge in [-0.25, -0.2) is 4.79 Å². The predicted molar refractivity (Wildman–Crippen MR) is 106 cm³/mol. The number of esters is 1. The van der Waals surface area contributed by atoms with Crippen LogP contribution in [-0.2, 0) is 9.53 Å². The van der Waals surface area contributed by atoms with Crippen molar-refractivity contribution in [3.8, 4) is 0 Å². The van der Waals surface area contributed by atoms with Crippen LogP contribution in [0.2, 0.25) is 0 Å². The first-order valence-corrected chi connectivity index (χ1v) is 9.54. The number of hydrogen-bond donors (Lipinski definition) is 2. The third-order valence-corrected chi connectivity index (χ3v) is 4.93. The van der Waals surface area contributed by atoms with Gasteiger partial charge in [0.15, 0.2) is 0 Å². The van der Waals surface area contributed by atoms with Crippen molar-refractivity contribution in [2.75, 3.05) is 23.9 Å². The van der Waals surface area contributed by atoms with Crippen molar-refractivity contribution in [2.45, 2.75) is 30.6 Å². The lowest BCUT2D eigenvalue weighted by molar-refractivity contribution is -0.116. The summed E-state index contributed by atoms with van der Waals surface area (Å²) >= 11 is 1.74. The number of benzene rings is 2. The Morgan fingerprint density at radius 1 is 1.04 bits per heavy atom. The Morgan fingerprint density at radius 3 is 2.46 bits per heavy atom. The Kier molecular flexibility index (Phi) is 8.02. The van der Waals surface area contributed by atoms with Crippen LogP contribution in [0.3, 0.4) is 0 Å². The molecule has 6 heteroatoms. The van der Waals surface area contributed by atoms with Crippen molar-refractivity contribution in [1.82, 2.24) is 0 Å². The minimum absolute atomic E-state index is 0.00560. The van der Waals surface area contributed by atoms with Gasteiger partial charge in [0.05, 0.1) is 24.0 Å². The maximum absolute atomic E-state index is 11.9. The number of carbonyl (C=O) groups is 2. The molecule has 0 aliphatic heterocycles. The first-order valence-electron chi connectivity index (χ1n) is 8.55. The maximum atomic E-state index is 11.9. The van der Waals surface area contributed by atoms with Crippen LogP contribution < -0.4 is 11.1 Å². The maximum Gasteiger partial charge on any atom is 0.337 e. The molecule has 0 unspecified atom stereocenters. The van der Waals surface area contributed by atoms with Crippen molar-refractivity contribution in [2.24, 2.45) is 0 Å². The number of methoxy groups -OCH3 is 1. The molecule has 0 aliphatic carbocycles. The molecule has 2 rings (SSSR count). The molecule has 0 spiro atoms. The van der Waals surface area contributed by atoms with Crippen molar-refractivity contribution in [1.29, 1.82) is 0 Å². The molecule has 0 saturated heterocycles. The summed E-state index contributed by atoms with van der Waals surface area (Å²) in [5.74, 6) is 0.649. The number of nitrogen functional groups attached to an aromatic ring is 1. The van der Waals surface area contributed by atoms with Gasteiger partial charge in [0.25, 0.3) is 0 Å². The van der Waals surface area contributed by atoms with Crippen LogP contribution in [0, 0.1) is 0 Å². The Hall–Kier alpha value is -2.47. The number of rotatable bonds is 9.